The van der Waals surface area contributed by atoms with E-state index in [4.69, 9.17) is 4.43 Å². The lowest BCUT2D eigenvalue weighted by molar-refractivity contribution is -0.121. The Balaban J connectivity index is 2.12. The van der Waals surface area contributed by atoms with Gasteiger partial charge in [0.05, 0.1) is 4.90 Å². The van der Waals surface area contributed by atoms with Crippen molar-refractivity contribution in [2.75, 3.05) is 6.61 Å². The first-order valence-electron chi connectivity index (χ1n) is 10.6. The van der Waals surface area contributed by atoms with Crippen LogP contribution in [0.15, 0.2) is 59.5 Å². The van der Waals surface area contributed by atoms with Crippen molar-refractivity contribution in [3.63, 3.8) is 0 Å². The van der Waals surface area contributed by atoms with E-state index in [0.29, 0.717) is 18.6 Å². The molecule has 0 aliphatic heterocycles. The molecule has 1 atom stereocenters. The monoisotopic (exact) mass is 461 g/mol. The maximum absolute atomic E-state index is 13.1. The van der Waals surface area contributed by atoms with Gasteiger partial charge in [0.2, 0.25) is 10.0 Å². The van der Waals surface area contributed by atoms with E-state index >= 15 is 0 Å². The fourth-order valence-electron chi connectivity index (χ4n) is 2.84. The molecule has 31 heavy (non-hydrogen) atoms. The summed E-state index contributed by atoms with van der Waals surface area (Å²) in [6.07, 6.45) is 0.797. The van der Waals surface area contributed by atoms with Crippen LogP contribution < -0.4 is 4.72 Å². The first-order chi connectivity index (χ1) is 14.3. The van der Waals surface area contributed by atoms with Gasteiger partial charge in [-0.2, -0.15) is 4.72 Å². The van der Waals surface area contributed by atoms with Crippen molar-refractivity contribution >= 4 is 24.1 Å². The zero-order chi connectivity index (χ0) is 23.3. The van der Waals surface area contributed by atoms with Gasteiger partial charge in [0.1, 0.15) is 6.04 Å². The van der Waals surface area contributed by atoms with E-state index in [1.54, 1.807) is 48.5 Å². The zero-order valence-corrected chi connectivity index (χ0v) is 21.3. The van der Waals surface area contributed by atoms with Gasteiger partial charge < -0.3 is 4.43 Å². The van der Waals surface area contributed by atoms with Crippen LogP contribution in [0.3, 0.4) is 0 Å². The fourth-order valence-corrected chi connectivity index (χ4v) is 5.14. The molecule has 0 heterocycles. The zero-order valence-electron chi connectivity index (χ0n) is 19.4. The minimum absolute atomic E-state index is 0.104. The third-order valence-electron chi connectivity index (χ3n) is 5.90. The lowest BCUT2D eigenvalue weighted by atomic mass is 10.0. The molecule has 0 spiro atoms. The van der Waals surface area contributed by atoms with Crippen molar-refractivity contribution in [1.82, 2.24) is 4.72 Å². The van der Waals surface area contributed by atoms with Crippen LogP contribution in [0.2, 0.25) is 18.1 Å². The molecule has 0 aromatic heterocycles. The van der Waals surface area contributed by atoms with Gasteiger partial charge in [-0.05, 0) is 49.2 Å². The normalized spacial score (nSPS) is 13.7. The van der Waals surface area contributed by atoms with Crippen LogP contribution in [-0.4, -0.2) is 29.1 Å². The molecule has 1 N–H and O–H groups in total. The van der Waals surface area contributed by atoms with Crippen molar-refractivity contribution in [3.05, 3.63) is 65.7 Å². The smallest absolute Gasteiger partial charge is 0.241 e. The average molecular weight is 462 g/mol. The molecule has 0 fully saturated rings. The number of carbonyl (C=O) groups excluding carboxylic acids is 1. The molecular formula is C24H35NO4SSi. The van der Waals surface area contributed by atoms with Gasteiger partial charge in [0, 0.05) is 13.0 Å². The number of Topliss-reactive ketones (excluding diaryl/α,β-unsaturated/α-hetero) is 1. The number of carbonyl (C=O) groups is 1. The van der Waals surface area contributed by atoms with E-state index in [1.807, 2.05) is 13.0 Å². The van der Waals surface area contributed by atoms with Gasteiger partial charge in [-0.25, -0.2) is 8.42 Å². The highest BCUT2D eigenvalue weighted by molar-refractivity contribution is 7.89. The summed E-state index contributed by atoms with van der Waals surface area (Å²) in [6, 6.07) is 14.6. The standard InChI is InChI=1S/C24H35NO4SSi/c1-19-14-16-21(17-15-19)30(27,28)25-23(20-11-8-7-9-12-20)22(26)13-10-18-29-31(5,6)24(2,3)4/h7-9,11-12,14-17,23,25H,10,13,18H2,1-6H3/t23-/m0/s1. The topological polar surface area (TPSA) is 72.5 Å². The van der Waals surface area contributed by atoms with E-state index in [1.165, 1.54) is 0 Å². The van der Waals surface area contributed by atoms with Crippen LogP contribution in [0.1, 0.15) is 50.8 Å². The van der Waals surface area contributed by atoms with E-state index in [-0.39, 0.29) is 22.1 Å². The first kappa shape index (κ1) is 25.5. The molecule has 0 radical (unpaired) electrons. The molecule has 0 bridgehead atoms. The Morgan fingerprint density at radius 1 is 1.03 bits per heavy atom. The van der Waals surface area contributed by atoms with Gasteiger partial charge in [-0.15, -0.1) is 0 Å². The van der Waals surface area contributed by atoms with Crippen molar-refractivity contribution < 1.29 is 17.6 Å². The van der Waals surface area contributed by atoms with Gasteiger partial charge in [-0.3, -0.25) is 4.79 Å². The van der Waals surface area contributed by atoms with E-state index in [2.05, 4.69) is 38.6 Å². The highest BCUT2D eigenvalue weighted by Crippen LogP contribution is 2.36. The molecule has 7 heteroatoms. The number of nitrogens with one attached hydrogen (secondary N) is 1. The Labute approximate surface area is 188 Å². The number of hydrogen-bond donors (Lipinski definition) is 1. The Bertz CT molecular complexity index is 965. The Morgan fingerprint density at radius 3 is 2.16 bits per heavy atom. The SMILES string of the molecule is Cc1ccc(S(=O)(=O)N[C@H](C(=O)CCCO[Si](C)(C)C(C)(C)C)c2ccccc2)cc1. The molecule has 0 unspecified atom stereocenters. The van der Waals surface area contributed by atoms with E-state index in [0.717, 1.165) is 5.56 Å². The van der Waals surface area contributed by atoms with Crippen molar-refractivity contribution in [3.8, 4) is 0 Å². The van der Waals surface area contributed by atoms with E-state index < -0.39 is 24.4 Å². The first-order valence-corrected chi connectivity index (χ1v) is 15.0. The van der Waals surface area contributed by atoms with Crippen LogP contribution in [0.25, 0.3) is 0 Å². The fraction of sp³-hybridized carbons (Fsp3) is 0.458. The highest BCUT2D eigenvalue weighted by atomic mass is 32.2. The predicted molar refractivity (Wildman–Crippen MR) is 128 cm³/mol. The minimum atomic E-state index is -3.84. The Morgan fingerprint density at radius 2 is 1.61 bits per heavy atom. The summed E-state index contributed by atoms with van der Waals surface area (Å²) >= 11 is 0. The van der Waals surface area contributed by atoms with Crippen molar-refractivity contribution in [1.29, 1.82) is 0 Å². The lowest BCUT2D eigenvalue weighted by Gasteiger charge is -2.36. The molecule has 0 saturated heterocycles. The van der Waals surface area contributed by atoms with Gasteiger partial charge >= 0.3 is 0 Å². The number of rotatable bonds is 10. The summed E-state index contributed by atoms with van der Waals surface area (Å²) in [5.41, 5.74) is 1.60. The lowest BCUT2D eigenvalue weighted by Crippen LogP contribution is -2.41. The van der Waals surface area contributed by atoms with Crippen LogP contribution in [0.5, 0.6) is 0 Å². The molecule has 2 aromatic carbocycles. The van der Waals surface area contributed by atoms with E-state index in [9.17, 15) is 13.2 Å². The Hall–Kier alpha value is -1.80. The number of hydrogen-bond acceptors (Lipinski definition) is 4. The van der Waals surface area contributed by atoms with Gasteiger partial charge in [-0.1, -0.05) is 68.8 Å². The maximum atomic E-state index is 13.1. The minimum Gasteiger partial charge on any atom is -0.417 e. The molecule has 5 nitrogen and oxygen atoms in total. The summed E-state index contributed by atoms with van der Waals surface area (Å²) in [4.78, 5) is 13.2. The molecule has 2 rings (SSSR count). The maximum Gasteiger partial charge on any atom is 0.241 e. The Kier molecular flexibility index (Phi) is 8.38. The van der Waals surface area contributed by atoms with Crippen LogP contribution in [0, 0.1) is 6.92 Å². The van der Waals surface area contributed by atoms with Crippen LogP contribution in [-0.2, 0) is 19.2 Å². The molecular weight excluding hydrogens is 426 g/mol. The molecule has 0 saturated carbocycles. The second-order valence-electron chi connectivity index (χ2n) is 9.46. The third kappa shape index (κ3) is 7.10. The quantitative estimate of drug-likeness (QED) is 0.380. The highest BCUT2D eigenvalue weighted by Gasteiger charge is 2.37. The predicted octanol–water partition coefficient (Wildman–Crippen LogP) is 5.39. The van der Waals surface area contributed by atoms with Crippen LogP contribution >= 0.6 is 0 Å². The molecule has 0 aliphatic rings. The second kappa shape index (κ2) is 10.2. The molecule has 0 aliphatic carbocycles. The van der Waals surface area contributed by atoms with Gasteiger partial charge in [0.15, 0.2) is 14.1 Å². The number of benzene rings is 2. The number of sulfonamides is 1. The molecule has 2 aromatic rings. The molecule has 170 valence electrons. The summed E-state index contributed by atoms with van der Waals surface area (Å²) in [5, 5.41) is 0.104. The van der Waals surface area contributed by atoms with Crippen molar-refractivity contribution in [2.24, 2.45) is 0 Å². The summed E-state index contributed by atoms with van der Waals surface area (Å²) in [7, 11) is -5.72. The molecule has 0 amide bonds. The average Bonchev–Trinajstić information content (AvgIpc) is 2.69. The third-order valence-corrected chi connectivity index (χ3v) is 11.9. The summed E-state index contributed by atoms with van der Waals surface area (Å²) in [5.74, 6) is -0.166. The van der Waals surface area contributed by atoms with Crippen LogP contribution in [0.4, 0.5) is 0 Å². The van der Waals surface area contributed by atoms with Crippen molar-refractivity contribution in [2.45, 2.75) is 69.6 Å². The second-order valence-corrected chi connectivity index (χ2v) is 16.0. The number of aryl methyl sites for hydroxylation is 1. The van der Waals surface area contributed by atoms with Gasteiger partial charge in [0.25, 0.3) is 0 Å². The number of ketones is 1. The summed E-state index contributed by atoms with van der Waals surface area (Å²) < 4.78 is 34.6. The largest absolute Gasteiger partial charge is 0.417 e. The summed E-state index contributed by atoms with van der Waals surface area (Å²) in [6.45, 7) is 13.3.